The van der Waals surface area contributed by atoms with Gasteiger partial charge in [0.1, 0.15) is 5.82 Å². The van der Waals surface area contributed by atoms with E-state index in [1.165, 1.54) is 7.11 Å². The average Bonchev–Trinajstić information content (AvgIpc) is 2.85. The highest BCUT2D eigenvalue weighted by Gasteiger charge is 2.16. The average molecular weight is 480 g/mol. The molecule has 0 aliphatic rings. The van der Waals surface area contributed by atoms with Crippen molar-refractivity contribution in [3.8, 4) is 22.4 Å². The number of nitrogens with one attached hydrogen (secondary N) is 3. The van der Waals surface area contributed by atoms with Crippen LogP contribution in [0.3, 0.4) is 0 Å². The van der Waals surface area contributed by atoms with Crippen LogP contribution < -0.4 is 16.0 Å². The Kier molecular flexibility index (Phi) is 8.26. The van der Waals surface area contributed by atoms with Crippen molar-refractivity contribution in [2.45, 2.75) is 32.8 Å². The van der Waals surface area contributed by atoms with Crippen molar-refractivity contribution in [2.75, 3.05) is 31.4 Å². The summed E-state index contributed by atoms with van der Waals surface area (Å²) in [6, 6.07) is 6.81. The monoisotopic (exact) mass is 479 g/mol. The standard InChI is InChI=1S/C24H29N7O4/c1-15-19(12-18(14-27-15)29-22(32)26-9-7-24(2,3)35-5)20-10-17(13-28-31-20)16-6-8-25-21(11-16)30-23(33)34-4/h6,8,10-14H,7,9H2,1-5H3,(H,25,30,33)(H2,26,29,32). The number of hydrogen-bond acceptors (Lipinski definition) is 8. The lowest BCUT2D eigenvalue weighted by molar-refractivity contribution is 0.0165. The largest absolute Gasteiger partial charge is 0.453 e. The van der Waals surface area contributed by atoms with Gasteiger partial charge in [-0.3, -0.25) is 10.3 Å². The number of rotatable bonds is 8. The van der Waals surface area contributed by atoms with Gasteiger partial charge in [-0.15, -0.1) is 0 Å². The molecule has 0 aliphatic heterocycles. The quantitative estimate of drug-likeness (QED) is 0.440. The second kappa shape index (κ2) is 11.3. The molecule has 0 fully saturated rings. The number of pyridine rings is 2. The van der Waals surface area contributed by atoms with Crippen LogP contribution >= 0.6 is 0 Å². The molecule has 35 heavy (non-hydrogen) atoms. The Hall–Kier alpha value is -4.12. The first kappa shape index (κ1) is 25.5. The highest BCUT2D eigenvalue weighted by Crippen LogP contribution is 2.27. The van der Waals surface area contributed by atoms with Crippen LogP contribution in [0.25, 0.3) is 22.4 Å². The number of hydrogen-bond donors (Lipinski definition) is 3. The zero-order valence-corrected chi connectivity index (χ0v) is 20.4. The zero-order valence-electron chi connectivity index (χ0n) is 20.4. The van der Waals surface area contributed by atoms with Crippen LogP contribution in [0.5, 0.6) is 0 Å². The lowest BCUT2D eigenvalue weighted by Crippen LogP contribution is -2.34. The first-order chi connectivity index (χ1) is 16.7. The fourth-order valence-corrected chi connectivity index (χ4v) is 3.11. The van der Waals surface area contributed by atoms with Crippen molar-refractivity contribution in [3.63, 3.8) is 0 Å². The van der Waals surface area contributed by atoms with Gasteiger partial charge in [0.15, 0.2) is 0 Å². The second-order valence-electron chi connectivity index (χ2n) is 8.33. The minimum Gasteiger partial charge on any atom is -0.453 e. The van der Waals surface area contributed by atoms with E-state index in [4.69, 9.17) is 4.74 Å². The number of aryl methyl sites for hydroxylation is 1. The van der Waals surface area contributed by atoms with Crippen LogP contribution in [-0.2, 0) is 9.47 Å². The Bertz CT molecular complexity index is 1200. The van der Waals surface area contributed by atoms with E-state index in [2.05, 4.69) is 40.9 Å². The van der Waals surface area contributed by atoms with Crippen LogP contribution in [0.1, 0.15) is 26.0 Å². The molecule has 0 aromatic carbocycles. The van der Waals surface area contributed by atoms with Gasteiger partial charge in [-0.2, -0.15) is 10.2 Å². The van der Waals surface area contributed by atoms with Gasteiger partial charge in [0.05, 0.1) is 36.5 Å². The Morgan fingerprint density at radius 2 is 1.83 bits per heavy atom. The molecule has 0 bridgehead atoms. The smallest absolute Gasteiger partial charge is 0.412 e. The van der Waals surface area contributed by atoms with E-state index in [0.717, 1.165) is 22.4 Å². The van der Waals surface area contributed by atoms with Crippen molar-refractivity contribution < 1.29 is 19.1 Å². The minimum atomic E-state index is -0.611. The van der Waals surface area contributed by atoms with Gasteiger partial charge in [-0.25, -0.2) is 14.6 Å². The maximum absolute atomic E-state index is 12.3. The van der Waals surface area contributed by atoms with Crippen molar-refractivity contribution in [1.82, 2.24) is 25.5 Å². The molecule has 184 valence electrons. The number of nitrogens with zero attached hydrogens (tertiary/aromatic N) is 4. The number of aromatic nitrogens is 4. The number of carbonyl (C=O) groups excluding carboxylic acids is 2. The lowest BCUT2D eigenvalue weighted by Gasteiger charge is -2.22. The summed E-state index contributed by atoms with van der Waals surface area (Å²) >= 11 is 0. The van der Waals surface area contributed by atoms with Gasteiger partial charge in [-0.05, 0) is 57.0 Å². The summed E-state index contributed by atoms with van der Waals surface area (Å²) < 4.78 is 9.97. The van der Waals surface area contributed by atoms with Gasteiger partial charge in [0.2, 0.25) is 0 Å². The summed E-state index contributed by atoms with van der Waals surface area (Å²) in [7, 11) is 2.92. The van der Waals surface area contributed by atoms with E-state index < -0.39 is 6.09 Å². The van der Waals surface area contributed by atoms with E-state index in [-0.39, 0.29) is 11.6 Å². The minimum absolute atomic E-state index is 0.319. The molecular weight excluding hydrogens is 450 g/mol. The molecule has 3 N–H and O–H groups in total. The van der Waals surface area contributed by atoms with Crippen molar-refractivity contribution in [1.29, 1.82) is 0 Å². The molecule has 0 unspecified atom stereocenters. The maximum atomic E-state index is 12.3. The fourth-order valence-electron chi connectivity index (χ4n) is 3.11. The summed E-state index contributed by atoms with van der Waals surface area (Å²) in [4.78, 5) is 32.3. The van der Waals surface area contributed by atoms with Crippen LogP contribution in [-0.4, -0.2) is 58.7 Å². The summed E-state index contributed by atoms with van der Waals surface area (Å²) in [6.07, 6.45) is 4.83. The summed E-state index contributed by atoms with van der Waals surface area (Å²) in [5.41, 5.74) is 3.78. The van der Waals surface area contributed by atoms with E-state index >= 15 is 0 Å². The van der Waals surface area contributed by atoms with Crippen LogP contribution in [0.2, 0.25) is 0 Å². The molecule has 3 aromatic rings. The van der Waals surface area contributed by atoms with Crippen LogP contribution in [0.15, 0.2) is 42.9 Å². The van der Waals surface area contributed by atoms with Gasteiger partial charge in [-0.1, -0.05) is 0 Å². The number of amides is 3. The predicted molar refractivity (Wildman–Crippen MR) is 132 cm³/mol. The summed E-state index contributed by atoms with van der Waals surface area (Å²) in [5.74, 6) is 0.344. The summed E-state index contributed by atoms with van der Waals surface area (Å²) in [6.45, 7) is 6.23. The van der Waals surface area contributed by atoms with Gasteiger partial charge in [0, 0.05) is 36.7 Å². The third-order valence-electron chi connectivity index (χ3n) is 5.35. The first-order valence-electron chi connectivity index (χ1n) is 10.9. The molecule has 0 saturated carbocycles. The van der Waals surface area contributed by atoms with Crippen molar-refractivity contribution >= 4 is 23.6 Å². The molecule has 11 nitrogen and oxygen atoms in total. The number of methoxy groups -OCH3 is 2. The molecule has 0 aliphatic carbocycles. The highest BCUT2D eigenvalue weighted by molar-refractivity contribution is 5.90. The highest BCUT2D eigenvalue weighted by atomic mass is 16.5. The molecule has 3 aromatic heterocycles. The summed E-state index contributed by atoms with van der Waals surface area (Å²) in [5, 5.41) is 16.5. The number of carbonyl (C=O) groups is 2. The molecular formula is C24H29N7O4. The third-order valence-corrected chi connectivity index (χ3v) is 5.35. The van der Waals surface area contributed by atoms with Gasteiger partial charge >= 0.3 is 12.1 Å². The van der Waals surface area contributed by atoms with Crippen LogP contribution in [0.4, 0.5) is 21.1 Å². The number of anilines is 2. The molecule has 0 radical (unpaired) electrons. The lowest BCUT2D eigenvalue weighted by atomic mass is 10.0. The Morgan fingerprint density at radius 1 is 1.03 bits per heavy atom. The third kappa shape index (κ3) is 7.18. The molecule has 3 amide bonds. The van der Waals surface area contributed by atoms with E-state index in [9.17, 15) is 9.59 Å². The molecule has 0 spiro atoms. The Morgan fingerprint density at radius 3 is 2.57 bits per heavy atom. The topological polar surface area (TPSA) is 140 Å². The predicted octanol–water partition coefficient (Wildman–Crippen LogP) is 4.02. The molecule has 11 heteroatoms. The van der Waals surface area contributed by atoms with Gasteiger partial charge < -0.3 is 20.1 Å². The molecule has 3 rings (SSSR count). The van der Waals surface area contributed by atoms with E-state index in [1.807, 2.05) is 26.8 Å². The first-order valence-corrected chi connectivity index (χ1v) is 10.9. The maximum Gasteiger partial charge on any atom is 0.412 e. The second-order valence-corrected chi connectivity index (χ2v) is 8.33. The van der Waals surface area contributed by atoms with E-state index in [1.54, 1.807) is 43.9 Å². The fraction of sp³-hybridized carbons (Fsp3) is 0.333. The van der Waals surface area contributed by atoms with Crippen molar-refractivity contribution in [3.05, 3.63) is 48.5 Å². The number of ether oxygens (including phenoxy) is 2. The zero-order chi connectivity index (χ0) is 25.4. The normalized spacial score (nSPS) is 11.0. The van der Waals surface area contributed by atoms with Crippen LogP contribution in [0, 0.1) is 6.92 Å². The number of urea groups is 1. The molecule has 0 atom stereocenters. The Balaban J connectivity index is 1.77. The molecule has 3 heterocycles. The van der Waals surface area contributed by atoms with Crippen molar-refractivity contribution in [2.24, 2.45) is 0 Å². The van der Waals surface area contributed by atoms with E-state index in [0.29, 0.717) is 30.2 Å². The molecule has 0 saturated heterocycles. The SMILES string of the molecule is COC(=O)Nc1cc(-c2cnnc(-c3cc(NC(=O)NCCC(C)(C)OC)cnc3C)c2)ccn1. The van der Waals surface area contributed by atoms with Gasteiger partial charge in [0.25, 0.3) is 0 Å². The Labute approximate surface area is 203 Å².